The molecule has 3 aromatic rings. The molecule has 2 aromatic heterocycles. The van der Waals surface area contributed by atoms with Crippen LogP contribution in [0.2, 0.25) is 0 Å². The number of nitrogens with one attached hydrogen (secondary N) is 1. The lowest BCUT2D eigenvalue weighted by Gasteiger charge is -2.13. The predicted octanol–water partition coefficient (Wildman–Crippen LogP) is 3.29. The molecule has 7 nitrogen and oxygen atoms in total. The van der Waals surface area contributed by atoms with Crippen LogP contribution < -0.4 is 5.32 Å². The van der Waals surface area contributed by atoms with E-state index in [-0.39, 0.29) is 35.2 Å². The first-order chi connectivity index (χ1) is 14.6. The van der Waals surface area contributed by atoms with Crippen LogP contribution in [0.5, 0.6) is 0 Å². The molecule has 0 saturated carbocycles. The number of halogens is 1. The van der Waals surface area contributed by atoms with Gasteiger partial charge in [0.2, 0.25) is 0 Å². The molecule has 164 valence electrons. The third kappa shape index (κ3) is 4.32. The highest BCUT2D eigenvalue weighted by molar-refractivity contribution is 7.91. The summed E-state index contributed by atoms with van der Waals surface area (Å²) in [6, 6.07) is 7.25. The first-order valence-electron chi connectivity index (χ1n) is 10.3. The Morgan fingerprint density at radius 3 is 2.61 bits per heavy atom. The van der Waals surface area contributed by atoms with Crippen LogP contribution in [0.3, 0.4) is 0 Å². The van der Waals surface area contributed by atoms with Crippen LogP contribution in [0.1, 0.15) is 42.4 Å². The van der Waals surface area contributed by atoms with Crippen molar-refractivity contribution >= 4 is 26.8 Å². The van der Waals surface area contributed by atoms with Crippen LogP contribution in [0.25, 0.3) is 22.3 Å². The van der Waals surface area contributed by atoms with Gasteiger partial charge in [-0.3, -0.25) is 4.79 Å². The van der Waals surface area contributed by atoms with Crippen molar-refractivity contribution in [2.75, 3.05) is 18.1 Å². The molecule has 1 aliphatic heterocycles. The third-order valence-corrected chi connectivity index (χ3v) is 7.20. The number of hydrogen-bond acceptors (Lipinski definition) is 5. The zero-order valence-electron chi connectivity index (χ0n) is 17.7. The Hall–Kier alpha value is -2.81. The Bertz CT molecular complexity index is 1250. The number of fused-ring (bicyclic) bond motifs is 1. The van der Waals surface area contributed by atoms with Crippen molar-refractivity contribution < 1.29 is 17.6 Å². The summed E-state index contributed by atoms with van der Waals surface area (Å²) < 4.78 is 39.1. The van der Waals surface area contributed by atoms with Gasteiger partial charge in [0.1, 0.15) is 5.82 Å². The summed E-state index contributed by atoms with van der Waals surface area (Å²) in [7, 11) is -3.12. The fourth-order valence-corrected chi connectivity index (χ4v) is 5.57. The SMILES string of the molecule is Cc1nn(C2CCS(=O)(=O)C2)c2nc(-c3ccc(F)cc3)cc(C(=O)NCC(C)C)c12. The minimum absolute atomic E-state index is 0.000551. The van der Waals surface area contributed by atoms with Crippen molar-refractivity contribution in [3.8, 4) is 11.3 Å². The number of carbonyl (C=O) groups is 1. The van der Waals surface area contributed by atoms with Gasteiger partial charge in [-0.15, -0.1) is 0 Å². The standard InChI is InChI=1S/C22H25FN4O3S/c1-13(2)11-24-22(28)18-10-19(15-4-6-16(23)7-5-15)25-21-20(18)14(3)26-27(21)17-8-9-31(29,30)12-17/h4-7,10,13,17H,8-9,11-12H2,1-3H3,(H,24,28). The van der Waals surface area contributed by atoms with Gasteiger partial charge in [-0.1, -0.05) is 13.8 Å². The Morgan fingerprint density at radius 2 is 2.00 bits per heavy atom. The zero-order valence-corrected chi connectivity index (χ0v) is 18.5. The maximum atomic E-state index is 13.4. The molecule has 4 rings (SSSR count). The second-order valence-electron chi connectivity index (χ2n) is 8.45. The highest BCUT2D eigenvalue weighted by atomic mass is 32.2. The summed E-state index contributed by atoms with van der Waals surface area (Å²) in [5.41, 5.74) is 2.67. The van der Waals surface area contributed by atoms with Crippen molar-refractivity contribution in [1.29, 1.82) is 0 Å². The number of nitrogens with zero attached hydrogens (tertiary/aromatic N) is 3. The summed E-state index contributed by atoms with van der Waals surface area (Å²) in [4.78, 5) is 17.8. The average molecular weight is 445 g/mol. The maximum absolute atomic E-state index is 13.4. The van der Waals surface area contributed by atoms with E-state index in [2.05, 4.69) is 10.4 Å². The molecule has 0 aliphatic carbocycles. The molecule has 0 bridgehead atoms. The number of carbonyl (C=O) groups excluding carboxylic acids is 1. The molecular formula is C22H25FN4O3S. The number of rotatable bonds is 5. The Labute approximate surface area is 180 Å². The van der Waals surface area contributed by atoms with E-state index in [1.807, 2.05) is 13.8 Å². The molecule has 31 heavy (non-hydrogen) atoms. The molecule has 3 heterocycles. The van der Waals surface area contributed by atoms with Gasteiger partial charge in [-0.05, 0) is 49.6 Å². The molecule has 1 saturated heterocycles. The molecule has 1 atom stereocenters. The molecule has 0 spiro atoms. The Balaban J connectivity index is 1.90. The molecule has 1 amide bonds. The monoisotopic (exact) mass is 444 g/mol. The highest BCUT2D eigenvalue weighted by Crippen LogP contribution is 2.32. The van der Waals surface area contributed by atoms with Gasteiger partial charge in [-0.25, -0.2) is 22.5 Å². The second kappa shape index (κ2) is 8.03. The van der Waals surface area contributed by atoms with E-state index in [1.165, 1.54) is 12.1 Å². The van der Waals surface area contributed by atoms with Crippen molar-refractivity contribution in [3.05, 3.63) is 47.4 Å². The van der Waals surface area contributed by atoms with Crippen LogP contribution in [-0.2, 0) is 9.84 Å². The van der Waals surface area contributed by atoms with E-state index in [1.54, 1.807) is 29.8 Å². The normalized spacial score (nSPS) is 18.0. The number of hydrogen-bond donors (Lipinski definition) is 1. The fraction of sp³-hybridized carbons (Fsp3) is 0.409. The fourth-order valence-electron chi connectivity index (χ4n) is 3.88. The van der Waals surface area contributed by atoms with Gasteiger partial charge >= 0.3 is 0 Å². The summed E-state index contributed by atoms with van der Waals surface area (Å²) in [6.45, 7) is 6.33. The van der Waals surface area contributed by atoms with Crippen molar-refractivity contribution in [2.24, 2.45) is 5.92 Å². The molecule has 1 N–H and O–H groups in total. The van der Waals surface area contributed by atoms with Gasteiger partial charge < -0.3 is 5.32 Å². The van der Waals surface area contributed by atoms with Crippen LogP contribution in [0.4, 0.5) is 4.39 Å². The number of benzene rings is 1. The minimum atomic E-state index is -3.12. The highest BCUT2D eigenvalue weighted by Gasteiger charge is 2.32. The number of amides is 1. The largest absolute Gasteiger partial charge is 0.352 e. The number of sulfone groups is 1. The Morgan fingerprint density at radius 1 is 1.29 bits per heavy atom. The van der Waals surface area contributed by atoms with E-state index in [4.69, 9.17) is 4.98 Å². The first kappa shape index (κ1) is 21.4. The lowest BCUT2D eigenvalue weighted by Crippen LogP contribution is -2.27. The number of aryl methyl sites for hydroxylation is 1. The molecule has 1 aromatic carbocycles. The van der Waals surface area contributed by atoms with Gasteiger partial charge in [-0.2, -0.15) is 5.10 Å². The van der Waals surface area contributed by atoms with Gasteiger partial charge in [0, 0.05) is 12.1 Å². The van der Waals surface area contributed by atoms with E-state index < -0.39 is 9.84 Å². The Kier molecular flexibility index (Phi) is 5.55. The molecule has 1 unspecified atom stereocenters. The average Bonchev–Trinajstić information content (AvgIpc) is 3.25. The van der Waals surface area contributed by atoms with Crippen molar-refractivity contribution in [2.45, 2.75) is 33.2 Å². The third-order valence-electron chi connectivity index (χ3n) is 5.45. The van der Waals surface area contributed by atoms with Crippen LogP contribution in [0, 0.1) is 18.7 Å². The molecular weight excluding hydrogens is 419 g/mol. The first-order valence-corrected chi connectivity index (χ1v) is 12.1. The summed E-state index contributed by atoms with van der Waals surface area (Å²) in [5, 5.41) is 8.12. The molecule has 9 heteroatoms. The quantitative estimate of drug-likeness (QED) is 0.652. The smallest absolute Gasteiger partial charge is 0.252 e. The summed E-state index contributed by atoms with van der Waals surface area (Å²) in [5.74, 6) is -0.217. The molecule has 1 aliphatic rings. The molecule has 0 radical (unpaired) electrons. The van der Waals surface area contributed by atoms with E-state index in [9.17, 15) is 17.6 Å². The topological polar surface area (TPSA) is 93.9 Å². The van der Waals surface area contributed by atoms with Crippen LogP contribution >= 0.6 is 0 Å². The van der Waals surface area contributed by atoms with E-state index in [0.717, 1.165) is 0 Å². The summed E-state index contributed by atoms with van der Waals surface area (Å²) in [6.07, 6.45) is 0.454. The van der Waals surface area contributed by atoms with E-state index in [0.29, 0.717) is 46.5 Å². The van der Waals surface area contributed by atoms with Gasteiger partial charge in [0.05, 0.1) is 39.9 Å². The van der Waals surface area contributed by atoms with Crippen molar-refractivity contribution in [3.63, 3.8) is 0 Å². The minimum Gasteiger partial charge on any atom is -0.352 e. The summed E-state index contributed by atoms with van der Waals surface area (Å²) >= 11 is 0. The van der Waals surface area contributed by atoms with Gasteiger partial charge in [0.25, 0.3) is 5.91 Å². The maximum Gasteiger partial charge on any atom is 0.252 e. The number of aromatic nitrogens is 3. The molecule has 1 fully saturated rings. The van der Waals surface area contributed by atoms with Gasteiger partial charge in [0.15, 0.2) is 15.5 Å². The van der Waals surface area contributed by atoms with Crippen LogP contribution in [0.15, 0.2) is 30.3 Å². The predicted molar refractivity (Wildman–Crippen MR) is 117 cm³/mol. The van der Waals surface area contributed by atoms with E-state index >= 15 is 0 Å². The van der Waals surface area contributed by atoms with Crippen LogP contribution in [-0.4, -0.2) is 47.1 Å². The number of pyridine rings is 1. The van der Waals surface area contributed by atoms with Crippen molar-refractivity contribution in [1.82, 2.24) is 20.1 Å². The second-order valence-corrected chi connectivity index (χ2v) is 10.7. The lowest BCUT2D eigenvalue weighted by molar-refractivity contribution is 0.0950. The zero-order chi connectivity index (χ0) is 22.3. The lowest BCUT2D eigenvalue weighted by atomic mass is 10.0.